The van der Waals surface area contributed by atoms with E-state index in [1.165, 1.54) is 5.56 Å². The van der Waals surface area contributed by atoms with Gasteiger partial charge in [-0.15, -0.1) is 0 Å². The summed E-state index contributed by atoms with van der Waals surface area (Å²) in [5.74, 6) is 0.414. The van der Waals surface area contributed by atoms with Gasteiger partial charge >= 0.3 is 6.09 Å². The highest BCUT2D eigenvalue weighted by atomic mass is 16.6. The van der Waals surface area contributed by atoms with Gasteiger partial charge in [-0.05, 0) is 44.7 Å². The first-order valence-corrected chi connectivity index (χ1v) is 9.51. The van der Waals surface area contributed by atoms with Crippen molar-refractivity contribution in [3.05, 3.63) is 35.4 Å². The van der Waals surface area contributed by atoms with Gasteiger partial charge < -0.3 is 25.4 Å². The van der Waals surface area contributed by atoms with Crippen LogP contribution in [0.4, 0.5) is 4.79 Å². The second kappa shape index (κ2) is 7.38. The Kier molecular flexibility index (Phi) is 5.33. The van der Waals surface area contributed by atoms with Gasteiger partial charge in [-0.3, -0.25) is 0 Å². The third-order valence-corrected chi connectivity index (χ3v) is 5.08. The van der Waals surface area contributed by atoms with Crippen molar-refractivity contribution in [2.24, 2.45) is 10.7 Å². The van der Waals surface area contributed by atoms with E-state index in [1.54, 1.807) is 4.90 Å². The lowest BCUT2D eigenvalue weighted by atomic mass is 9.96. The Morgan fingerprint density at radius 2 is 1.85 bits per heavy atom. The Balaban J connectivity index is 1.55. The molecule has 1 saturated heterocycles. The largest absolute Gasteiger partial charge is 0.444 e. The number of nitrogens with two attached hydrogens (primary N) is 1. The smallest absolute Gasteiger partial charge is 0.410 e. The molecule has 1 fully saturated rings. The van der Waals surface area contributed by atoms with Gasteiger partial charge in [0.1, 0.15) is 11.2 Å². The lowest BCUT2D eigenvalue weighted by Gasteiger charge is -2.36. The molecule has 2 aliphatic rings. The number of piperazine rings is 1. The highest BCUT2D eigenvalue weighted by Crippen LogP contribution is 2.36. The molecular formula is C20H30N4O3. The van der Waals surface area contributed by atoms with Crippen LogP contribution in [0.25, 0.3) is 0 Å². The first-order valence-electron chi connectivity index (χ1n) is 9.51. The molecule has 27 heavy (non-hydrogen) atoms. The molecule has 1 unspecified atom stereocenters. The molecule has 1 aromatic carbocycles. The molecule has 148 valence electrons. The predicted octanol–water partition coefficient (Wildman–Crippen LogP) is 1.69. The van der Waals surface area contributed by atoms with Gasteiger partial charge in [-0.2, -0.15) is 0 Å². The molecule has 0 saturated carbocycles. The number of hydrogen-bond donors (Lipinski definition) is 2. The van der Waals surface area contributed by atoms with Crippen LogP contribution in [0.1, 0.15) is 38.3 Å². The lowest BCUT2D eigenvalue weighted by Crippen LogP contribution is -2.53. The zero-order valence-electron chi connectivity index (χ0n) is 16.4. The number of carbonyl (C=O) groups is 1. The van der Waals surface area contributed by atoms with Gasteiger partial charge in [-0.25, -0.2) is 9.79 Å². The zero-order valence-corrected chi connectivity index (χ0v) is 16.4. The molecule has 1 aliphatic carbocycles. The van der Waals surface area contributed by atoms with E-state index < -0.39 is 11.2 Å². The van der Waals surface area contributed by atoms with E-state index >= 15 is 0 Å². The summed E-state index contributed by atoms with van der Waals surface area (Å²) in [7, 11) is 0. The number of aliphatic hydroxyl groups is 1. The number of nitrogens with zero attached hydrogens (tertiary/aromatic N) is 3. The van der Waals surface area contributed by atoms with Crippen LogP contribution in [-0.2, 0) is 16.8 Å². The molecule has 1 amide bonds. The third kappa shape index (κ3) is 4.53. The van der Waals surface area contributed by atoms with Crippen LogP contribution in [0.15, 0.2) is 29.3 Å². The molecule has 0 radical (unpaired) electrons. The monoisotopic (exact) mass is 374 g/mol. The topological polar surface area (TPSA) is 91.4 Å². The maximum atomic E-state index is 12.1. The van der Waals surface area contributed by atoms with E-state index in [0.29, 0.717) is 38.6 Å². The maximum absolute atomic E-state index is 12.1. The summed E-state index contributed by atoms with van der Waals surface area (Å²) >= 11 is 0. The second-order valence-electron chi connectivity index (χ2n) is 8.32. The Labute approximate surface area is 160 Å². The quantitative estimate of drug-likeness (QED) is 0.607. The van der Waals surface area contributed by atoms with E-state index in [9.17, 15) is 9.90 Å². The Morgan fingerprint density at radius 1 is 1.22 bits per heavy atom. The van der Waals surface area contributed by atoms with Crippen molar-refractivity contribution in [1.82, 2.24) is 9.80 Å². The summed E-state index contributed by atoms with van der Waals surface area (Å²) in [6.45, 7) is 8.11. The van der Waals surface area contributed by atoms with Crippen LogP contribution in [0.3, 0.4) is 0 Å². The number of benzene rings is 1. The fraction of sp³-hybridized carbons (Fsp3) is 0.600. The average molecular weight is 374 g/mol. The number of amides is 1. The maximum Gasteiger partial charge on any atom is 0.410 e. The van der Waals surface area contributed by atoms with Gasteiger partial charge in [0.2, 0.25) is 0 Å². The van der Waals surface area contributed by atoms with Crippen molar-refractivity contribution in [2.75, 3.05) is 32.7 Å². The molecule has 1 aliphatic heterocycles. The van der Waals surface area contributed by atoms with Crippen LogP contribution in [0.5, 0.6) is 0 Å². The van der Waals surface area contributed by atoms with E-state index in [4.69, 9.17) is 10.5 Å². The summed E-state index contributed by atoms with van der Waals surface area (Å²) in [5, 5.41) is 11.0. The van der Waals surface area contributed by atoms with Crippen molar-refractivity contribution < 1.29 is 14.6 Å². The Morgan fingerprint density at radius 3 is 2.52 bits per heavy atom. The predicted molar refractivity (Wildman–Crippen MR) is 105 cm³/mol. The van der Waals surface area contributed by atoms with Crippen LogP contribution < -0.4 is 5.73 Å². The molecule has 0 bridgehead atoms. The van der Waals surface area contributed by atoms with Gasteiger partial charge in [0, 0.05) is 26.2 Å². The summed E-state index contributed by atoms with van der Waals surface area (Å²) < 4.78 is 5.41. The molecule has 1 aromatic rings. The third-order valence-electron chi connectivity index (χ3n) is 5.08. The van der Waals surface area contributed by atoms with Gasteiger partial charge in [0.15, 0.2) is 5.96 Å². The van der Waals surface area contributed by atoms with Gasteiger partial charge in [0.05, 0.1) is 6.54 Å². The highest BCUT2D eigenvalue weighted by molar-refractivity contribution is 5.78. The molecule has 1 atom stereocenters. The summed E-state index contributed by atoms with van der Waals surface area (Å²) in [6, 6.07) is 7.95. The van der Waals surface area contributed by atoms with Crippen LogP contribution in [0, 0.1) is 0 Å². The van der Waals surface area contributed by atoms with E-state index in [2.05, 4.69) is 11.1 Å². The molecule has 7 nitrogen and oxygen atoms in total. The number of ether oxygens (including phenoxy) is 1. The van der Waals surface area contributed by atoms with E-state index in [1.807, 2.05) is 43.9 Å². The summed E-state index contributed by atoms with van der Waals surface area (Å²) in [4.78, 5) is 20.2. The van der Waals surface area contributed by atoms with Crippen LogP contribution >= 0.6 is 0 Å². The fourth-order valence-corrected chi connectivity index (χ4v) is 3.59. The zero-order chi connectivity index (χ0) is 19.7. The van der Waals surface area contributed by atoms with Gasteiger partial charge in [-0.1, -0.05) is 24.3 Å². The van der Waals surface area contributed by atoms with Crippen molar-refractivity contribution >= 4 is 12.1 Å². The second-order valence-corrected chi connectivity index (χ2v) is 8.32. The molecule has 3 rings (SSSR count). The minimum atomic E-state index is -0.945. The number of guanidine groups is 1. The average Bonchev–Trinajstić information content (AvgIpc) is 2.96. The number of carbonyl (C=O) groups excluding carboxylic acids is 1. The van der Waals surface area contributed by atoms with Crippen LogP contribution in [0.2, 0.25) is 0 Å². The molecule has 7 heteroatoms. The molecule has 1 heterocycles. The highest BCUT2D eigenvalue weighted by Gasteiger charge is 2.36. The van der Waals surface area contributed by atoms with Gasteiger partial charge in [0.25, 0.3) is 0 Å². The van der Waals surface area contributed by atoms with Crippen molar-refractivity contribution in [3.8, 4) is 0 Å². The standard InChI is InChI=1S/C20H30N4O3/c1-19(2,3)27-18(25)24-12-10-23(11-13-24)17(21)22-14-20(26)9-8-15-6-4-5-7-16(15)20/h4-7,26H,8-14H2,1-3H3,(H2,21,22). The minimum Gasteiger partial charge on any atom is -0.444 e. The fourth-order valence-electron chi connectivity index (χ4n) is 3.59. The number of aryl methyl sites for hydroxylation is 1. The summed E-state index contributed by atoms with van der Waals surface area (Å²) in [5.41, 5.74) is 6.85. The van der Waals surface area contributed by atoms with Crippen molar-refractivity contribution in [2.45, 2.75) is 44.8 Å². The van der Waals surface area contributed by atoms with E-state index in [-0.39, 0.29) is 12.6 Å². The summed E-state index contributed by atoms with van der Waals surface area (Å²) in [6.07, 6.45) is 1.22. The van der Waals surface area contributed by atoms with Crippen molar-refractivity contribution in [1.29, 1.82) is 0 Å². The van der Waals surface area contributed by atoms with Crippen molar-refractivity contribution in [3.63, 3.8) is 0 Å². The lowest BCUT2D eigenvalue weighted by molar-refractivity contribution is 0.0185. The number of fused-ring (bicyclic) bond motifs is 1. The van der Waals surface area contributed by atoms with E-state index in [0.717, 1.165) is 12.0 Å². The molecule has 0 aromatic heterocycles. The normalized spacial score (nSPS) is 23.3. The first kappa shape index (κ1) is 19.5. The number of hydrogen-bond acceptors (Lipinski definition) is 4. The first-order chi connectivity index (χ1) is 12.7. The molecule has 0 spiro atoms. The SMILES string of the molecule is CC(C)(C)OC(=O)N1CCN(C(N)=NCC2(O)CCc3ccccc32)CC1. The number of rotatable bonds is 2. The molecular weight excluding hydrogens is 344 g/mol. The minimum absolute atomic E-state index is 0.252. The Hall–Kier alpha value is -2.28. The van der Waals surface area contributed by atoms with Crippen LogP contribution in [-0.4, -0.2) is 65.3 Å². The molecule has 3 N–H and O–H groups in total. The number of aliphatic imine (C=N–C) groups is 1. The Bertz CT molecular complexity index is 720.